The number of benzene rings is 2. The number of aliphatic carboxylic acids is 1. The molecule has 2 aliphatic rings. The van der Waals surface area contributed by atoms with Gasteiger partial charge in [0.1, 0.15) is 11.6 Å². The zero-order chi connectivity index (χ0) is 26.7. The molecule has 196 valence electrons. The van der Waals surface area contributed by atoms with Gasteiger partial charge in [-0.2, -0.15) is 13.2 Å². The number of nitrogens with one attached hydrogen (secondary N) is 1. The van der Waals surface area contributed by atoms with E-state index in [-0.39, 0.29) is 11.7 Å². The fourth-order valence-corrected chi connectivity index (χ4v) is 4.78. The summed E-state index contributed by atoms with van der Waals surface area (Å²) in [4.78, 5) is 24.0. The number of anilines is 1. The summed E-state index contributed by atoms with van der Waals surface area (Å²) in [7, 11) is 0. The summed E-state index contributed by atoms with van der Waals surface area (Å²) in [5.74, 6) is -1.47. The number of nitrogens with zero attached hydrogens (tertiary/aromatic N) is 4. The van der Waals surface area contributed by atoms with Crippen molar-refractivity contribution in [2.45, 2.75) is 25.7 Å². The SMILES string of the molecule is O=C(Nc1cccc(F)c1)c1nnc2n1CC1CN(Cc3cccc(Cl)c3)CC1C2.O=C(O)C(F)(F)F. The Morgan fingerprint density at radius 1 is 1.05 bits per heavy atom. The first-order chi connectivity index (χ1) is 17.5. The minimum Gasteiger partial charge on any atom is -0.475 e. The lowest BCUT2D eigenvalue weighted by Crippen LogP contribution is -2.31. The average molecular weight is 540 g/mol. The molecular formula is C24H22ClF4N5O3. The normalized spacial score (nSPS) is 18.8. The fourth-order valence-electron chi connectivity index (χ4n) is 4.56. The minimum absolute atomic E-state index is 0.279. The van der Waals surface area contributed by atoms with Crippen molar-refractivity contribution in [2.75, 3.05) is 18.4 Å². The van der Waals surface area contributed by atoms with E-state index in [1.54, 1.807) is 12.1 Å². The molecule has 8 nitrogen and oxygen atoms in total. The van der Waals surface area contributed by atoms with Crippen LogP contribution in [0.1, 0.15) is 22.0 Å². The molecule has 1 aromatic heterocycles. The standard InChI is InChI=1S/C22H21ClFN5O.C2HF3O2/c23-17-4-1-3-14(7-17)10-28-11-15-8-20-26-27-21(29(20)13-16(15)12-28)22(30)25-19-6-2-5-18(24)9-19;3-2(4,5)1(6)7/h1-7,9,15-16H,8,10-13H2,(H,25,30);(H,6,7). The molecule has 1 amide bonds. The number of carbonyl (C=O) groups excluding carboxylic acids is 1. The third kappa shape index (κ3) is 6.63. The number of carbonyl (C=O) groups is 2. The summed E-state index contributed by atoms with van der Waals surface area (Å²) in [5.41, 5.74) is 1.61. The third-order valence-corrected chi connectivity index (χ3v) is 6.40. The molecular weight excluding hydrogens is 518 g/mol. The van der Waals surface area contributed by atoms with Crippen LogP contribution in [-0.2, 0) is 24.3 Å². The van der Waals surface area contributed by atoms with Crippen LogP contribution in [0.5, 0.6) is 0 Å². The predicted octanol–water partition coefficient (Wildman–Crippen LogP) is 4.26. The Bertz CT molecular complexity index is 1300. The summed E-state index contributed by atoms with van der Waals surface area (Å²) < 4.78 is 47.1. The van der Waals surface area contributed by atoms with E-state index < -0.39 is 18.0 Å². The number of aromatic nitrogens is 3. The molecule has 3 aromatic rings. The highest BCUT2D eigenvalue weighted by molar-refractivity contribution is 6.30. The maximum absolute atomic E-state index is 13.4. The highest BCUT2D eigenvalue weighted by Gasteiger charge is 2.39. The molecule has 2 unspecified atom stereocenters. The van der Waals surface area contributed by atoms with Gasteiger partial charge in [-0.15, -0.1) is 10.2 Å². The fraction of sp³-hybridized carbons (Fsp3) is 0.333. The van der Waals surface area contributed by atoms with Crippen molar-refractivity contribution in [1.29, 1.82) is 0 Å². The molecule has 5 rings (SSSR count). The zero-order valence-corrected chi connectivity index (χ0v) is 20.0. The second kappa shape index (κ2) is 10.9. The molecule has 1 fully saturated rings. The van der Waals surface area contributed by atoms with E-state index in [1.165, 1.54) is 17.7 Å². The van der Waals surface area contributed by atoms with Crippen molar-refractivity contribution >= 4 is 29.2 Å². The third-order valence-electron chi connectivity index (χ3n) is 6.16. The first-order valence-electron chi connectivity index (χ1n) is 11.3. The first kappa shape index (κ1) is 26.6. The Morgan fingerprint density at radius 3 is 2.43 bits per heavy atom. The smallest absolute Gasteiger partial charge is 0.475 e. The molecule has 3 heterocycles. The number of rotatable bonds is 4. The topological polar surface area (TPSA) is 100 Å². The van der Waals surface area contributed by atoms with E-state index in [4.69, 9.17) is 21.5 Å². The number of halogens is 5. The number of likely N-dealkylation sites (tertiary alicyclic amines) is 1. The summed E-state index contributed by atoms with van der Waals surface area (Å²) in [6, 6.07) is 13.8. The van der Waals surface area contributed by atoms with Crippen molar-refractivity contribution in [1.82, 2.24) is 19.7 Å². The van der Waals surface area contributed by atoms with Gasteiger partial charge in [0.05, 0.1) is 0 Å². The highest BCUT2D eigenvalue weighted by atomic mass is 35.5. The van der Waals surface area contributed by atoms with Gasteiger partial charge in [0.25, 0.3) is 5.91 Å². The van der Waals surface area contributed by atoms with E-state index in [0.29, 0.717) is 24.1 Å². The van der Waals surface area contributed by atoms with Gasteiger partial charge >= 0.3 is 12.1 Å². The minimum atomic E-state index is -5.08. The average Bonchev–Trinajstić information content (AvgIpc) is 3.39. The molecule has 0 radical (unpaired) electrons. The summed E-state index contributed by atoms with van der Waals surface area (Å²) in [6.07, 6.45) is -4.28. The molecule has 0 aliphatic carbocycles. The number of hydrogen-bond acceptors (Lipinski definition) is 5. The molecule has 0 spiro atoms. The largest absolute Gasteiger partial charge is 0.490 e. The van der Waals surface area contributed by atoms with Crippen molar-refractivity contribution in [3.8, 4) is 0 Å². The lowest BCUT2D eigenvalue weighted by atomic mass is 9.89. The molecule has 2 atom stereocenters. The van der Waals surface area contributed by atoms with Gasteiger partial charge in [-0.05, 0) is 47.7 Å². The molecule has 2 N–H and O–H groups in total. The molecule has 2 aliphatic heterocycles. The number of carboxylic acid groups (broad SMARTS) is 1. The van der Waals surface area contributed by atoms with Crippen LogP contribution in [0.3, 0.4) is 0 Å². The van der Waals surface area contributed by atoms with Crippen LogP contribution < -0.4 is 5.32 Å². The Morgan fingerprint density at radius 2 is 1.76 bits per heavy atom. The van der Waals surface area contributed by atoms with Crippen LogP contribution in [0.15, 0.2) is 48.5 Å². The Kier molecular flexibility index (Phi) is 7.79. The number of amides is 1. The maximum Gasteiger partial charge on any atom is 0.490 e. The predicted molar refractivity (Wildman–Crippen MR) is 125 cm³/mol. The molecule has 13 heteroatoms. The molecule has 0 bridgehead atoms. The van der Waals surface area contributed by atoms with Gasteiger partial charge < -0.3 is 15.0 Å². The number of fused-ring (bicyclic) bond motifs is 2. The Hall–Kier alpha value is -3.51. The van der Waals surface area contributed by atoms with Crippen LogP contribution in [0.2, 0.25) is 5.02 Å². The van der Waals surface area contributed by atoms with Crippen LogP contribution in [-0.4, -0.2) is 55.9 Å². The van der Waals surface area contributed by atoms with Gasteiger partial charge in [-0.1, -0.05) is 29.8 Å². The maximum atomic E-state index is 13.4. The zero-order valence-electron chi connectivity index (χ0n) is 19.3. The summed E-state index contributed by atoms with van der Waals surface area (Å²) >= 11 is 6.12. The van der Waals surface area contributed by atoms with E-state index in [0.717, 1.165) is 36.9 Å². The van der Waals surface area contributed by atoms with Crippen molar-refractivity contribution in [2.24, 2.45) is 11.8 Å². The van der Waals surface area contributed by atoms with Crippen molar-refractivity contribution in [3.63, 3.8) is 0 Å². The van der Waals surface area contributed by atoms with E-state index in [1.807, 2.05) is 22.8 Å². The second-order valence-corrected chi connectivity index (χ2v) is 9.30. The van der Waals surface area contributed by atoms with E-state index in [2.05, 4.69) is 26.5 Å². The first-order valence-corrected chi connectivity index (χ1v) is 11.6. The quantitative estimate of drug-likeness (QED) is 0.481. The van der Waals surface area contributed by atoms with Crippen molar-refractivity contribution in [3.05, 3.63) is 76.6 Å². The lowest BCUT2D eigenvalue weighted by Gasteiger charge is -2.25. The molecule has 37 heavy (non-hydrogen) atoms. The van der Waals surface area contributed by atoms with Crippen LogP contribution >= 0.6 is 11.6 Å². The molecule has 1 saturated heterocycles. The van der Waals surface area contributed by atoms with Gasteiger partial charge in [0.15, 0.2) is 0 Å². The van der Waals surface area contributed by atoms with Gasteiger partial charge in [0.2, 0.25) is 5.82 Å². The monoisotopic (exact) mass is 539 g/mol. The second-order valence-electron chi connectivity index (χ2n) is 8.87. The van der Waals surface area contributed by atoms with Crippen LogP contribution in [0.25, 0.3) is 0 Å². The Balaban J connectivity index is 0.000000405. The van der Waals surface area contributed by atoms with Gasteiger partial charge in [-0.3, -0.25) is 9.69 Å². The van der Waals surface area contributed by atoms with Crippen LogP contribution in [0.4, 0.5) is 23.2 Å². The lowest BCUT2D eigenvalue weighted by molar-refractivity contribution is -0.192. The number of hydrogen-bond donors (Lipinski definition) is 2. The summed E-state index contributed by atoms with van der Waals surface area (Å²) in [6.45, 7) is 3.53. The van der Waals surface area contributed by atoms with E-state index in [9.17, 15) is 22.4 Å². The molecule has 0 saturated carbocycles. The number of carboxylic acids is 1. The molecule has 2 aromatic carbocycles. The van der Waals surface area contributed by atoms with Gasteiger partial charge in [0, 0.05) is 43.3 Å². The van der Waals surface area contributed by atoms with Crippen LogP contribution in [0, 0.1) is 17.7 Å². The summed E-state index contributed by atoms with van der Waals surface area (Å²) in [5, 5.41) is 19.0. The van der Waals surface area contributed by atoms with E-state index >= 15 is 0 Å². The van der Waals surface area contributed by atoms with Gasteiger partial charge in [-0.25, -0.2) is 9.18 Å². The number of alkyl halides is 3. The Labute approximate surface area is 213 Å². The van der Waals surface area contributed by atoms with Crippen molar-refractivity contribution < 1.29 is 32.3 Å². The highest BCUT2D eigenvalue weighted by Crippen LogP contribution is 2.33.